The van der Waals surface area contributed by atoms with Crippen molar-refractivity contribution in [1.82, 2.24) is 9.55 Å². The van der Waals surface area contributed by atoms with Gasteiger partial charge in [0.25, 0.3) is 0 Å². The van der Waals surface area contributed by atoms with Gasteiger partial charge in [-0.15, -0.1) is 11.3 Å². The highest BCUT2D eigenvalue weighted by Gasteiger charge is 2.21. The molecule has 3 rings (SSSR count). The monoisotopic (exact) mass is 447 g/mol. The summed E-state index contributed by atoms with van der Waals surface area (Å²) in [5.41, 5.74) is 6.57. The summed E-state index contributed by atoms with van der Waals surface area (Å²) in [7, 11) is 5.30. The Labute approximate surface area is 182 Å². The van der Waals surface area contributed by atoms with Gasteiger partial charge in [-0.3, -0.25) is 9.59 Å². The highest BCUT2D eigenvalue weighted by Crippen LogP contribution is 2.38. The maximum atomic E-state index is 12.7. The van der Waals surface area contributed by atoms with Crippen molar-refractivity contribution in [3.05, 3.63) is 46.7 Å². The van der Waals surface area contributed by atoms with Gasteiger partial charge in [0.15, 0.2) is 11.6 Å². The number of ketones is 2. The summed E-state index contributed by atoms with van der Waals surface area (Å²) in [6, 6.07) is 7.86. The molecule has 0 saturated heterocycles. The third-order valence-electron chi connectivity index (χ3n) is 4.63. The van der Waals surface area contributed by atoms with Crippen molar-refractivity contribution in [3.8, 4) is 0 Å². The minimum absolute atomic E-state index is 0.0770. The van der Waals surface area contributed by atoms with Crippen LogP contribution in [0.4, 0.5) is 5.82 Å². The molecule has 3 aromatic rings. The SMILES string of the molecule is CSSC(C)(C)CCC(=O)c1cc2cc(CC(=O)c3nc(N)cn3C)ccc2s1. The quantitative estimate of drug-likeness (QED) is 0.350. The molecule has 0 unspecified atom stereocenters. The van der Waals surface area contributed by atoms with E-state index in [9.17, 15) is 9.59 Å². The predicted octanol–water partition coefficient (Wildman–Crippen LogP) is 5.40. The molecule has 8 heteroatoms. The summed E-state index contributed by atoms with van der Waals surface area (Å²) >= 11 is 1.52. The van der Waals surface area contributed by atoms with Gasteiger partial charge in [0, 0.05) is 35.5 Å². The Morgan fingerprint density at radius 1 is 1.24 bits per heavy atom. The van der Waals surface area contributed by atoms with Gasteiger partial charge in [-0.25, -0.2) is 4.98 Å². The number of nitrogens with two attached hydrogens (primary N) is 1. The lowest BCUT2D eigenvalue weighted by Crippen LogP contribution is -2.15. The first kappa shape index (κ1) is 21.9. The molecule has 2 aromatic heterocycles. The topological polar surface area (TPSA) is 78.0 Å². The van der Waals surface area contributed by atoms with E-state index in [0.29, 0.717) is 18.1 Å². The van der Waals surface area contributed by atoms with Gasteiger partial charge in [-0.2, -0.15) is 0 Å². The summed E-state index contributed by atoms with van der Waals surface area (Å²) < 4.78 is 2.78. The molecule has 0 atom stereocenters. The van der Waals surface area contributed by atoms with Crippen molar-refractivity contribution < 1.29 is 9.59 Å². The van der Waals surface area contributed by atoms with E-state index in [1.165, 1.54) is 11.3 Å². The highest BCUT2D eigenvalue weighted by molar-refractivity contribution is 8.76. The number of Topliss-reactive ketones (excluding diaryl/α,β-unsaturated/α-hetero) is 2. The molecule has 0 aliphatic rings. The molecule has 154 valence electrons. The second-order valence-electron chi connectivity index (χ2n) is 7.62. The molecule has 0 aliphatic carbocycles. The molecule has 5 nitrogen and oxygen atoms in total. The van der Waals surface area contributed by atoms with Crippen LogP contribution in [-0.4, -0.2) is 32.1 Å². The zero-order valence-corrected chi connectivity index (χ0v) is 19.5. The molecule has 29 heavy (non-hydrogen) atoms. The number of imidazole rings is 1. The number of aryl methyl sites for hydroxylation is 1. The second kappa shape index (κ2) is 8.93. The van der Waals surface area contributed by atoms with Gasteiger partial charge < -0.3 is 10.3 Å². The Hall–Kier alpha value is -1.77. The average Bonchev–Trinajstić information content (AvgIpc) is 3.22. The number of carbonyl (C=O) groups excluding carboxylic acids is 2. The normalized spacial score (nSPS) is 11.9. The van der Waals surface area contributed by atoms with E-state index in [4.69, 9.17) is 5.73 Å². The first-order chi connectivity index (χ1) is 13.7. The molecule has 1 aromatic carbocycles. The predicted molar refractivity (Wildman–Crippen MR) is 126 cm³/mol. The number of nitrogens with zero attached hydrogens (tertiary/aromatic N) is 2. The molecule has 0 bridgehead atoms. The van der Waals surface area contributed by atoms with Crippen LogP contribution in [0.1, 0.15) is 52.5 Å². The lowest BCUT2D eigenvalue weighted by molar-refractivity contribution is 0.0972. The van der Waals surface area contributed by atoms with Crippen LogP contribution in [0.2, 0.25) is 0 Å². The number of benzene rings is 1. The van der Waals surface area contributed by atoms with Crippen molar-refractivity contribution in [2.45, 2.75) is 37.9 Å². The maximum Gasteiger partial charge on any atom is 0.202 e. The average molecular weight is 448 g/mol. The number of fused-ring (bicyclic) bond motifs is 1. The number of carbonyl (C=O) groups is 2. The summed E-state index contributed by atoms with van der Waals surface area (Å²) in [5.74, 6) is 0.798. The molecule has 2 heterocycles. The number of anilines is 1. The zero-order chi connectivity index (χ0) is 21.2. The second-order valence-corrected chi connectivity index (χ2v) is 11.8. The molecule has 0 fully saturated rings. The lowest BCUT2D eigenvalue weighted by Gasteiger charge is -2.21. The van der Waals surface area contributed by atoms with E-state index in [2.05, 4.69) is 25.1 Å². The molecule has 0 saturated carbocycles. The third kappa shape index (κ3) is 5.43. The fraction of sp³-hybridized carbons (Fsp3) is 0.381. The van der Waals surface area contributed by atoms with E-state index < -0.39 is 0 Å². The van der Waals surface area contributed by atoms with Gasteiger partial charge in [0.1, 0.15) is 5.82 Å². The van der Waals surface area contributed by atoms with E-state index in [-0.39, 0.29) is 22.7 Å². The van der Waals surface area contributed by atoms with Crippen LogP contribution < -0.4 is 5.73 Å². The summed E-state index contributed by atoms with van der Waals surface area (Å²) in [4.78, 5) is 30.1. The summed E-state index contributed by atoms with van der Waals surface area (Å²) in [6.07, 6.45) is 5.33. The zero-order valence-electron chi connectivity index (χ0n) is 17.0. The molecule has 2 N–H and O–H groups in total. The van der Waals surface area contributed by atoms with Crippen molar-refractivity contribution in [1.29, 1.82) is 0 Å². The van der Waals surface area contributed by atoms with Crippen molar-refractivity contribution >= 4 is 60.4 Å². The first-order valence-electron chi connectivity index (χ1n) is 9.28. The van der Waals surface area contributed by atoms with Crippen LogP contribution in [0.5, 0.6) is 0 Å². The largest absolute Gasteiger partial charge is 0.382 e. The number of nitrogen functional groups attached to an aromatic ring is 1. The van der Waals surface area contributed by atoms with Crippen LogP contribution in [-0.2, 0) is 13.5 Å². The van der Waals surface area contributed by atoms with Crippen LogP contribution in [0.15, 0.2) is 30.5 Å². The Kier molecular flexibility index (Phi) is 6.76. The number of rotatable bonds is 9. The first-order valence-corrected chi connectivity index (χ1v) is 12.7. The fourth-order valence-corrected chi connectivity index (χ4v) is 6.41. The molecule has 0 aliphatic heterocycles. The van der Waals surface area contributed by atoms with Crippen molar-refractivity contribution in [3.63, 3.8) is 0 Å². The van der Waals surface area contributed by atoms with Crippen LogP contribution in [0, 0.1) is 0 Å². The van der Waals surface area contributed by atoms with Gasteiger partial charge >= 0.3 is 0 Å². The fourth-order valence-electron chi connectivity index (χ4n) is 3.16. The molecular formula is C21H25N3O2S3. The lowest BCUT2D eigenvalue weighted by atomic mass is 10.0. The van der Waals surface area contributed by atoms with Crippen LogP contribution >= 0.6 is 32.9 Å². The Bertz CT molecular complexity index is 1050. The van der Waals surface area contributed by atoms with Gasteiger partial charge in [0.2, 0.25) is 5.78 Å². The van der Waals surface area contributed by atoms with Gasteiger partial charge in [0.05, 0.1) is 4.88 Å². The maximum absolute atomic E-state index is 12.7. The minimum atomic E-state index is -0.0800. The molecular weight excluding hydrogens is 422 g/mol. The molecule has 0 radical (unpaired) electrons. The Morgan fingerprint density at radius 2 is 2.00 bits per heavy atom. The van der Waals surface area contributed by atoms with E-state index in [0.717, 1.165) is 26.9 Å². The number of aromatic nitrogens is 2. The highest BCUT2D eigenvalue weighted by atomic mass is 33.1. The van der Waals surface area contributed by atoms with Crippen LogP contribution in [0.25, 0.3) is 10.1 Å². The van der Waals surface area contributed by atoms with E-state index in [1.807, 2.05) is 24.3 Å². The third-order valence-corrected chi connectivity index (χ3v) is 8.46. The standard InChI is InChI=1S/C21H25N3O2S3/c1-21(2,29-27-4)8-7-15(25)18-11-14-9-13(5-6-17(14)28-18)10-16(26)20-23-19(22)12-24(20)3/h5-6,9,11-12H,7-8,10,22H2,1-4H3. The smallest absolute Gasteiger partial charge is 0.202 e. The Balaban J connectivity index is 1.72. The number of thiophene rings is 1. The van der Waals surface area contributed by atoms with E-state index >= 15 is 0 Å². The molecule has 0 amide bonds. The summed E-state index contributed by atoms with van der Waals surface area (Å²) in [6.45, 7) is 4.34. The molecule has 0 spiro atoms. The number of hydrogen-bond donors (Lipinski definition) is 1. The van der Waals surface area contributed by atoms with Crippen molar-refractivity contribution in [2.75, 3.05) is 12.0 Å². The van der Waals surface area contributed by atoms with Crippen molar-refractivity contribution in [2.24, 2.45) is 7.05 Å². The van der Waals surface area contributed by atoms with E-state index in [1.54, 1.807) is 39.4 Å². The van der Waals surface area contributed by atoms with Crippen LogP contribution in [0.3, 0.4) is 0 Å². The minimum Gasteiger partial charge on any atom is -0.382 e. The summed E-state index contributed by atoms with van der Waals surface area (Å²) in [5, 5.41) is 1.00. The number of hydrogen-bond acceptors (Lipinski definition) is 7. The van der Waals surface area contributed by atoms with Gasteiger partial charge in [-0.1, -0.05) is 27.7 Å². The van der Waals surface area contributed by atoms with Gasteiger partial charge in [-0.05, 0) is 55.7 Å². The Morgan fingerprint density at radius 3 is 2.66 bits per heavy atom.